The molecule has 0 heterocycles. The summed E-state index contributed by atoms with van der Waals surface area (Å²) in [5.74, 6) is -0.818. The van der Waals surface area contributed by atoms with Gasteiger partial charge in [-0.05, 0) is 18.6 Å². The molecule has 0 aliphatic carbocycles. The summed E-state index contributed by atoms with van der Waals surface area (Å²) in [6, 6.07) is 6.17. The maximum atomic E-state index is 10.5. The Morgan fingerprint density at radius 2 is 2.00 bits per heavy atom. The number of benzene rings is 1. The number of hydrogen-bond acceptors (Lipinski definition) is 4. The number of nitro benzene ring substituents is 1. The standard InChI is InChI=1S/C11H14N2O4/c1-12(8-2-3-11(14)15)9-4-6-10(7-5-9)13(16)17/h4-7H,2-3,8H2,1H3,(H,14,15). The van der Waals surface area contributed by atoms with Crippen molar-refractivity contribution in [1.82, 2.24) is 0 Å². The zero-order chi connectivity index (χ0) is 12.8. The van der Waals surface area contributed by atoms with E-state index in [4.69, 9.17) is 5.11 Å². The van der Waals surface area contributed by atoms with Gasteiger partial charge in [-0.25, -0.2) is 0 Å². The van der Waals surface area contributed by atoms with Gasteiger partial charge in [-0.15, -0.1) is 0 Å². The molecule has 0 unspecified atom stereocenters. The summed E-state index contributed by atoms with van der Waals surface area (Å²) in [5, 5.41) is 19.0. The minimum absolute atomic E-state index is 0.0488. The van der Waals surface area contributed by atoms with Crippen molar-refractivity contribution in [2.24, 2.45) is 0 Å². The Hall–Kier alpha value is -2.11. The van der Waals surface area contributed by atoms with E-state index in [-0.39, 0.29) is 12.1 Å². The second-order valence-corrected chi connectivity index (χ2v) is 3.69. The fraction of sp³-hybridized carbons (Fsp3) is 0.364. The summed E-state index contributed by atoms with van der Waals surface area (Å²) in [6.07, 6.45) is 0.667. The number of anilines is 1. The first-order valence-electron chi connectivity index (χ1n) is 5.18. The van der Waals surface area contributed by atoms with Crippen LogP contribution >= 0.6 is 0 Å². The van der Waals surface area contributed by atoms with Gasteiger partial charge in [0.15, 0.2) is 0 Å². The van der Waals surface area contributed by atoms with Crippen LogP contribution in [0.5, 0.6) is 0 Å². The molecule has 0 saturated carbocycles. The maximum absolute atomic E-state index is 10.5. The van der Waals surface area contributed by atoms with Gasteiger partial charge in [-0.1, -0.05) is 0 Å². The van der Waals surface area contributed by atoms with E-state index in [0.717, 1.165) is 5.69 Å². The van der Waals surface area contributed by atoms with Crippen LogP contribution in [0.15, 0.2) is 24.3 Å². The minimum Gasteiger partial charge on any atom is -0.481 e. The lowest BCUT2D eigenvalue weighted by Crippen LogP contribution is -2.19. The van der Waals surface area contributed by atoms with Gasteiger partial charge in [0.05, 0.1) is 4.92 Å². The van der Waals surface area contributed by atoms with E-state index in [2.05, 4.69) is 0 Å². The highest BCUT2D eigenvalue weighted by atomic mass is 16.6. The van der Waals surface area contributed by atoms with Gasteiger partial charge < -0.3 is 10.0 Å². The van der Waals surface area contributed by atoms with Crippen molar-refractivity contribution < 1.29 is 14.8 Å². The third-order valence-corrected chi connectivity index (χ3v) is 2.39. The smallest absolute Gasteiger partial charge is 0.303 e. The van der Waals surface area contributed by atoms with Gasteiger partial charge >= 0.3 is 5.97 Å². The number of carboxylic acids is 1. The van der Waals surface area contributed by atoms with E-state index >= 15 is 0 Å². The highest BCUT2D eigenvalue weighted by Gasteiger charge is 2.06. The second-order valence-electron chi connectivity index (χ2n) is 3.69. The molecule has 1 aromatic rings. The van der Waals surface area contributed by atoms with Crippen LogP contribution in [-0.2, 0) is 4.79 Å². The molecule has 0 atom stereocenters. The zero-order valence-electron chi connectivity index (χ0n) is 9.50. The number of hydrogen-bond donors (Lipinski definition) is 1. The molecule has 1 rings (SSSR count). The molecule has 6 nitrogen and oxygen atoms in total. The molecule has 1 N–H and O–H groups in total. The largest absolute Gasteiger partial charge is 0.481 e. The Balaban J connectivity index is 2.54. The van der Waals surface area contributed by atoms with Crippen LogP contribution in [0.4, 0.5) is 11.4 Å². The van der Waals surface area contributed by atoms with E-state index in [1.54, 1.807) is 12.1 Å². The van der Waals surface area contributed by atoms with Gasteiger partial charge in [-0.3, -0.25) is 14.9 Å². The lowest BCUT2D eigenvalue weighted by molar-refractivity contribution is -0.384. The predicted molar refractivity (Wildman–Crippen MR) is 63.2 cm³/mol. The summed E-state index contributed by atoms with van der Waals surface area (Å²) in [6.45, 7) is 0.601. The molecular formula is C11H14N2O4. The molecule has 0 aliphatic heterocycles. The Morgan fingerprint density at radius 3 is 2.47 bits per heavy atom. The monoisotopic (exact) mass is 238 g/mol. The lowest BCUT2D eigenvalue weighted by atomic mass is 10.2. The van der Waals surface area contributed by atoms with Crippen LogP contribution in [0.1, 0.15) is 12.8 Å². The third kappa shape index (κ3) is 4.10. The number of non-ortho nitro benzene ring substituents is 1. The van der Waals surface area contributed by atoms with Gasteiger partial charge in [0.1, 0.15) is 0 Å². The first-order valence-corrected chi connectivity index (χ1v) is 5.18. The van der Waals surface area contributed by atoms with Gasteiger partial charge in [0.2, 0.25) is 0 Å². The second kappa shape index (κ2) is 5.83. The number of nitrogens with zero attached hydrogens (tertiary/aromatic N) is 2. The fourth-order valence-electron chi connectivity index (χ4n) is 1.43. The first kappa shape index (κ1) is 13.0. The zero-order valence-corrected chi connectivity index (χ0v) is 9.50. The molecule has 0 saturated heterocycles. The number of carboxylic acid groups (broad SMARTS) is 1. The van der Waals surface area contributed by atoms with Crippen LogP contribution in [0.3, 0.4) is 0 Å². The van der Waals surface area contributed by atoms with E-state index in [1.807, 2.05) is 11.9 Å². The van der Waals surface area contributed by atoms with Crippen LogP contribution in [-0.4, -0.2) is 29.6 Å². The van der Waals surface area contributed by atoms with Crippen LogP contribution in [0.25, 0.3) is 0 Å². The average molecular weight is 238 g/mol. The number of nitro groups is 1. The summed E-state index contributed by atoms with van der Waals surface area (Å²) in [5.41, 5.74) is 0.883. The Labute approximate surface area is 98.6 Å². The lowest BCUT2D eigenvalue weighted by Gasteiger charge is -2.18. The van der Waals surface area contributed by atoms with Gasteiger partial charge in [0, 0.05) is 37.8 Å². The summed E-state index contributed by atoms with van der Waals surface area (Å²) >= 11 is 0. The Kier molecular flexibility index (Phi) is 4.45. The molecule has 0 amide bonds. The minimum atomic E-state index is -0.818. The third-order valence-electron chi connectivity index (χ3n) is 2.39. The Morgan fingerprint density at radius 1 is 1.41 bits per heavy atom. The van der Waals surface area contributed by atoms with E-state index in [1.165, 1.54) is 12.1 Å². The molecule has 6 heteroatoms. The van der Waals surface area contributed by atoms with Crippen LogP contribution in [0, 0.1) is 10.1 Å². The summed E-state index contributed by atoms with van der Waals surface area (Å²) in [7, 11) is 1.82. The van der Waals surface area contributed by atoms with Crippen LogP contribution in [0.2, 0.25) is 0 Å². The summed E-state index contributed by atoms with van der Waals surface area (Å²) < 4.78 is 0. The molecule has 0 radical (unpaired) electrons. The van der Waals surface area contributed by atoms with Crippen molar-refractivity contribution in [3.05, 3.63) is 34.4 Å². The van der Waals surface area contributed by atoms with Crippen molar-refractivity contribution in [3.8, 4) is 0 Å². The predicted octanol–water partition coefficient (Wildman–Crippen LogP) is 1.90. The topological polar surface area (TPSA) is 83.7 Å². The van der Waals surface area contributed by atoms with Crippen LogP contribution < -0.4 is 4.90 Å². The molecule has 1 aromatic carbocycles. The van der Waals surface area contributed by atoms with Crippen molar-refractivity contribution >= 4 is 17.3 Å². The molecule has 0 bridgehead atoms. The van der Waals surface area contributed by atoms with Crippen molar-refractivity contribution in [2.45, 2.75) is 12.8 Å². The Bertz CT molecular complexity index is 402. The number of rotatable bonds is 6. The normalized spacial score (nSPS) is 9.94. The SMILES string of the molecule is CN(CCCC(=O)O)c1ccc([N+](=O)[O-])cc1. The molecule has 17 heavy (non-hydrogen) atoms. The fourth-order valence-corrected chi connectivity index (χ4v) is 1.43. The van der Waals surface area contributed by atoms with Gasteiger partial charge in [-0.2, -0.15) is 0 Å². The van der Waals surface area contributed by atoms with Crippen molar-refractivity contribution in [2.75, 3.05) is 18.5 Å². The van der Waals surface area contributed by atoms with E-state index in [0.29, 0.717) is 13.0 Å². The van der Waals surface area contributed by atoms with Crippen molar-refractivity contribution in [1.29, 1.82) is 0 Å². The molecule has 92 valence electrons. The molecule has 0 aromatic heterocycles. The maximum Gasteiger partial charge on any atom is 0.303 e. The van der Waals surface area contributed by atoms with Gasteiger partial charge in [0.25, 0.3) is 5.69 Å². The highest BCUT2D eigenvalue weighted by molar-refractivity contribution is 5.66. The van der Waals surface area contributed by atoms with E-state index in [9.17, 15) is 14.9 Å². The first-order chi connectivity index (χ1) is 8.00. The quantitative estimate of drug-likeness (QED) is 0.604. The molecular weight excluding hydrogens is 224 g/mol. The summed E-state index contributed by atoms with van der Waals surface area (Å²) in [4.78, 5) is 22.2. The average Bonchev–Trinajstić information content (AvgIpc) is 2.28. The molecule has 0 spiro atoms. The molecule has 0 fully saturated rings. The van der Waals surface area contributed by atoms with Crippen molar-refractivity contribution in [3.63, 3.8) is 0 Å². The number of carbonyl (C=O) groups is 1. The highest BCUT2D eigenvalue weighted by Crippen LogP contribution is 2.18. The molecule has 0 aliphatic rings. The number of aliphatic carboxylic acids is 1. The van der Waals surface area contributed by atoms with E-state index < -0.39 is 10.9 Å².